The SMILES string of the molecule is CC(C)(C)OC(=O)N1CC[C@H](Oc2ccc(C(CO)Cc3cc4ccc(C#N)cc4[nH]3)cc2)C1. The highest BCUT2D eigenvalue weighted by atomic mass is 16.6. The standard InChI is InChI=1S/C27H31N3O4/c1-27(2,3)34-26(32)30-11-10-24(16-30)33-23-8-6-19(7-9-23)21(17-31)14-22-13-20-5-4-18(15-28)12-25(20)29-22/h4-9,12-13,21,24,29,31H,10-11,14,16-17H2,1-3H3/t21?,24-/m0/s1. The number of ether oxygens (including phenoxy) is 2. The quantitative estimate of drug-likeness (QED) is 0.552. The van der Waals surface area contributed by atoms with Gasteiger partial charge in [0.25, 0.3) is 0 Å². The van der Waals surface area contributed by atoms with E-state index in [1.165, 1.54) is 0 Å². The van der Waals surface area contributed by atoms with Crippen LogP contribution in [-0.2, 0) is 11.2 Å². The summed E-state index contributed by atoms with van der Waals surface area (Å²) in [6.45, 7) is 6.72. The summed E-state index contributed by atoms with van der Waals surface area (Å²) < 4.78 is 11.5. The van der Waals surface area contributed by atoms with Crippen LogP contribution in [0.3, 0.4) is 0 Å². The van der Waals surface area contributed by atoms with E-state index in [1.54, 1.807) is 11.0 Å². The molecule has 0 aliphatic carbocycles. The predicted octanol–water partition coefficient (Wildman–Crippen LogP) is 4.75. The molecule has 2 aromatic carbocycles. The number of amides is 1. The van der Waals surface area contributed by atoms with E-state index < -0.39 is 5.60 Å². The van der Waals surface area contributed by atoms with E-state index in [0.29, 0.717) is 25.1 Å². The number of carbonyl (C=O) groups is 1. The maximum atomic E-state index is 12.3. The fourth-order valence-electron chi connectivity index (χ4n) is 4.25. The number of aromatic nitrogens is 1. The molecule has 3 aromatic rings. The second kappa shape index (κ2) is 9.78. The number of nitriles is 1. The van der Waals surface area contributed by atoms with Crippen LogP contribution in [0, 0.1) is 11.3 Å². The molecule has 1 saturated heterocycles. The summed E-state index contributed by atoms with van der Waals surface area (Å²) >= 11 is 0. The number of nitrogens with zero attached hydrogens (tertiary/aromatic N) is 2. The number of hydrogen-bond acceptors (Lipinski definition) is 5. The molecule has 0 radical (unpaired) electrons. The van der Waals surface area contributed by atoms with Crippen molar-refractivity contribution >= 4 is 17.0 Å². The Bertz CT molecular complexity index is 1190. The molecule has 1 aliphatic heterocycles. The van der Waals surface area contributed by atoms with Crippen molar-refractivity contribution in [3.63, 3.8) is 0 Å². The van der Waals surface area contributed by atoms with Gasteiger partial charge in [0.2, 0.25) is 0 Å². The highest BCUT2D eigenvalue weighted by molar-refractivity contribution is 5.81. The fraction of sp³-hybridized carbons (Fsp3) is 0.407. The topological polar surface area (TPSA) is 98.6 Å². The highest BCUT2D eigenvalue weighted by Gasteiger charge is 2.30. The maximum Gasteiger partial charge on any atom is 0.410 e. The van der Waals surface area contributed by atoms with Gasteiger partial charge in [-0.3, -0.25) is 0 Å². The second-order valence-electron chi connectivity index (χ2n) is 9.82. The molecule has 0 saturated carbocycles. The number of aliphatic hydroxyl groups excluding tert-OH is 1. The number of benzene rings is 2. The Morgan fingerprint density at radius 2 is 2.00 bits per heavy atom. The van der Waals surface area contributed by atoms with Crippen molar-refractivity contribution in [3.05, 3.63) is 65.4 Å². The van der Waals surface area contributed by atoms with Crippen molar-refractivity contribution in [1.29, 1.82) is 5.26 Å². The van der Waals surface area contributed by atoms with E-state index >= 15 is 0 Å². The lowest BCUT2D eigenvalue weighted by Gasteiger charge is -2.24. The number of fused-ring (bicyclic) bond motifs is 1. The summed E-state index contributed by atoms with van der Waals surface area (Å²) in [7, 11) is 0. The van der Waals surface area contributed by atoms with Gasteiger partial charge in [0, 0.05) is 30.1 Å². The average Bonchev–Trinajstić information content (AvgIpc) is 3.43. The molecule has 1 amide bonds. The molecule has 1 aliphatic rings. The zero-order chi connectivity index (χ0) is 24.3. The molecule has 7 nitrogen and oxygen atoms in total. The van der Waals surface area contributed by atoms with E-state index in [2.05, 4.69) is 17.1 Å². The molecule has 2 heterocycles. The molecule has 4 rings (SSSR count). The van der Waals surface area contributed by atoms with Crippen LogP contribution in [0.25, 0.3) is 10.9 Å². The van der Waals surface area contributed by atoms with Crippen molar-refractivity contribution in [2.45, 2.75) is 51.2 Å². The van der Waals surface area contributed by atoms with Crippen LogP contribution < -0.4 is 4.74 Å². The number of likely N-dealkylation sites (tertiary alicyclic amines) is 1. The first-order valence-corrected chi connectivity index (χ1v) is 11.6. The molecular formula is C27H31N3O4. The number of rotatable bonds is 6. The van der Waals surface area contributed by atoms with Gasteiger partial charge in [-0.05, 0) is 68.5 Å². The number of carbonyl (C=O) groups excluding carboxylic acids is 1. The molecule has 1 aromatic heterocycles. The Hall–Kier alpha value is -3.50. The lowest BCUT2D eigenvalue weighted by atomic mass is 9.95. The fourth-order valence-corrected chi connectivity index (χ4v) is 4.25. The van der Waals surface area contributed by atoms with Gasteiger partial charge in [0.15, 0.2) is 0 Å². The van der Waals surface area contributed by atoms with Crippen molar-refractivity contribution in [1.82, 2.24) is 9.88 Å². The molecule has 34 heavy (non-hydrogen) atoms. The summed E-state index contributed by atoms with van der Waals surface area (Å²) in [5.74, 6) is 0.679. The van der Waals surface area contributed by atoms with E-state index in [0.717, 1.165) is 34.3 Å². The number of H-pyrrole nitrogens is 1. The highest BCUT2D eigenvalue weighted by Crippen LogP contribution is 2.27. The third-order valence-corrected chi connectivity index (χ3v) is 5.95. The molecule has 1 fully saturated rings. The van der Waals surface area contributed by atoms with Gasteiger partial charge in [-0.15, -0.1) is 0 Å². The molecule has 0 spiro atoms. The molecular weight excluding hydrogens is 430 g/mol. The van der Waals surface area contributed by atoms with Gasteiger partial charge in [0.1, 0.15) is 17.5 Å². The van der Waals surface area contributed by atoms with Gasteiger partial charge in [-0.2, -0.15) is 5.26 Å². The maximum absolute atomic E-state index is 12.3. The summed E-state index contributed by atoms with van der Waals surface area (Å²) in [5.41, 5.74) is 3.06. The summed E-state index contributed by atoms with van der Waals surface area (Å²) in [6.07, 6.45) is 1.03. The summed E-state index contributed by atoms with van der Waals surface area (Å²) in [6, 6.07) is 17.6. The first-order valence-electron chi connectivity index (χ1n) is 11.6. The van der Waals surface area contributed by atoms with Gasteiger partial charge < -0.3 is 24.5 Å². The molecule has 1 unspecified atom stereocenters. The van der Waals surface area contributed by atoms with Crippen LogP contribution >= 0.6 is 0 Å². The molecule has 0 bridgehead atoms. The minimum Gasteiger partial charge on any atom is -0.489 e. The van der Waals surface area contributed by atoms with E-state index in [9.17, 15) is 9.90 Å². The van der Waals surface area contributed by atoms with Crippen LogP contribution in [0.4, 0.5) is 4.79 Å². The Kier molecular flexibility index (Phi) is 6.80. The minimum absolute atomic E-state index is 0.0203. The van der Waals surface area contributed by atoms with E-state index in [-0.39, 0.29) is 24.7 Å². The number of aliphatic hydroxyl groups is 1. The zero-order valence-corrected chi connectivity index (χ0v) is 19.9. The van der Waals surface area contributed by atoms with Crippen molar-refractivity contribution in [2.24, 2.45) is 0 Å². The molecule has 2 atom stereocenters. The van der Waals surface area contributed by atoms with Crippen molar-refractivity contribution in [2.75, 3.05) is 19.7 Å². The minimum atomic E-state index is -0.512. The number of aromatic amines is 1. The molecule has 178 valence electrons. The van der Waals surface area contributed by atoms with Crippen LogP contribution in [0.2, 0.25) is 0 Å². The summed E-state index contributed by atoms with van der Waals surface area (Å²) in [5, 5.41) is 20.2. The number of hydrogen-bond donors (Lipinski definition) is 2. The third kappa shape index (κ3) is 5.70. The Morgan fingerprint density at radius 3 is 2.68 bits per heavy atom. The zero-order valence-electron chi connectivity index (χ0n) is 19.9. The van der Waals surface area contributed by atoms with E-state index in [4.69, 9.17) is 14.7 Å². The average molecular weight is 462 g/mol. The Morgan fingerprint density at radius 1 is 1.24 bits per heavy atom. The Labute approximate surface area is 199 Å². The van der Waals surface area contributed by atoms with Crippen LogP contribution in [-0.4, -0.2) is 52.5 Å². The monoisotopic (exact) mass is 461 g/mol. The lowest BCUT2D eigenvalue weighted by Crippen LogP contribution is -2.36. The Balaban J connectivity index is 1.36. The lowest BCUT2D eigenvalue weighted by molar-refractivity contribution is 0.0275. The predicted molar refractivity (Wildman–Crippen MR) is 130 cm³/mol. The van der Waals surface area contributed by atoms with Gasteiger partial charge in [0.05, 0.1) is 24.8 Å². The van der Waals surface area contributed by atoms with Gasteiger partial charge in [-0.25, -0.2) is 4.79 Å². The van der Waals surface area contributed by atoms with E-state index in [1.807, 2.05) is 57.2 Å². The van der Waals surface area contributed by atoms with Gasteiger partial charge >= 0.3 is 6.09 Å². The third-order valence-electron chi connectivity index (χ3n) is 5.95. The van der Waals surface area contributed by atoms with Crippen molar-refractivity contribution in [3.8, 4) is 11.8 Å². The first kappa shape index (κ1) is 23.7. The van der Waals surface area contributed by atoms with Crippen LogP contribution in [0.5, 0.6) is 5.75 Å². The van der Waals surface area contributed by atoms with Crippen LogP contribution in [0.1, 0.15) is 49.9 Å². The largest absolute Gasteiger partial charge is 0.489 e. The van der Waals surface area contributed by atoms with Crippen LogP contribution in [0.15, 0.2) is 48.5 Å². The summed E-state index contributed by atoms with van der Waals surface area (Å²) in [4.78, 5) is 17.3. The first-order chi connectivity index (χ1) is 16.2. The molecule has 2 N–H and O–H groups in total. The molecule has 7 heteroatoms. The second-order valence-corrected chi connectivity index (χ2v) is 9.82. The normalized spacial score (nSPS) is 16.9. The number of nitrogens with one attached hydrogen (secondary N) is 1. The smallest absolute Gasteiger partial charge is 0.410 e. The van der Waals surface area contributed by atoms with Gasteiger partial charge in [-0.1, -0.05) is 18.2 Å². The van der Waals surface area contributed by atoms with Crippen molar-refractivity contribution < 1.29 is 19.4 Å².